The number of benzene rings is 1. The van der Waals surface area contributed by atoms with Gasteiger partial charge in [0.15, 0.2) is 0 Å². The molecule has 0 heterocycles. The van der Waals surface area contributed by atoms with Gasteiger partial charge in [0.25, 0.3) is 6.57 Å². The van der Waals surface area contributed by atoms with Crippen molar-refractivity contribution in [2.45, 2.75) is 39.0 Å². The van der Waals surface area contributed by atoms with Gasteiger partial charge in [-0.2, -0.15) is 0 Å². The largest absolute Gasteiger partial charge is 0.469 e. The molecule has 2 atom stereocenters. The molecule has 0 fully saturated rings. The summed E-state index contributed by atoms with van der Waals surface area (Å²) in [5.41, 5.74) is 1.96. The van der Waals surface area contributed by atoms with Gasteiger partial charge in [0.1, 0.15) is 0 Å². The summed E-state index contributed by atoms with van der Waals surface area (Å²) in [4.78, 5) is 15.4. The fourth-order valence-electron chi connectivity index (χ4n) is 2.01. The SMILES string of the molecule is CC[C@H](C)c1ccccc1N=NP(=S)(NCCCC(=O)OC)OC. The van der Waals surface area contributed by atoms with Gasteiger partial charge in [-0.1, -0.05) is 32.0 Å². The number of carbonyl (C=O) groups is 1. The van der Waals surface area contributed by atoms with E-state index in [9.17, 15) is 4.79 Å². The van der Waals surface area contributed by atoms with Crippen molar-refractivity contribution in [2.24, 2.45) is 10.00 Å². The van der Waals surface area contributed by atoms with Crippen molar-refractivity contribution in [3.63, 3.8) is 0 Å². The average Bonchev–Trinajstić information content (AvgIpc) is 2.62. The average molecular weight is 371 g/mol. The molecule has 0 spiro atoms. The van der Waals surface area contributed by atoms with Crippen LogP contribution in [0.2, 0.25) is 0 Å². The Labute approximate surface area is 149 Å². The number of carbonyl (C=O) groups excluding carboxylic acids is 1. The summed E-state index contributed by atoms with van der Waals surface area (Å²) in [7, 11) is 2.89. The molecule has 0 aliphatic rings. The van der Waals surface area contributed by atoms with Crippen LogP contribution < -0.4 is 5.09 Å². The van der Waals surface area contributed by atoms with Crippen LogP contribution in [0.5, 0.6) is 0 Å². The molecular formula is C16H26N3O3PS. The van der Waals surface area contributed by atoms with Gasteiger partial charge >= 0.3 is 5.97 Å². The Balaban J connectivity index is 2.75. The van der Waals surface area contributed by atoms with E-state index in [4.69, 9.17) is 16.3 Å². The van der Waals surface area contributed by atoms with Crippen molar-refractivity contribution < 1.29 is 14.1 Å². The highest BCUT2D eigenvalue weighted by molar-refractivity contribution is 8.10. The summed E-state index contributed by atoms with van der Waals surface area (Å²) in [6, 6.07) is 7.92. The Morgan fingerprint density at radius 3 is 2.71 bits per heavy atom. The maximum atomic E-state index is 11.1. The molecule has 8 heteroatoms. The molecule has 134 valence electrons. The van der Waals surface area contributed by atoms with Crippen LogP contribution >= 0.6 is 6.57 Å². The molecule has 0 radical (unpaired) electrons. The highest BCUT2D eigenvalue weighted by atomic mass is 32.4. The van der Waals surface area contributed by atoms with Crippen LogP contribution in [-0.4, -0.2) is 26.7 Å². The van der Waals surface area contributed by atoms with Gasteiger partial charge in [0, 0.05) is 20.1 Å². The van der Waals surface area contributed by atoms with E-state index in [0.29, 0.717) is 25.3 Å². The van der Waals surface area contributed by atoms with E-state index in [1.807, 2.05) is 18.2 Å². The van der Waals surface area contributed by atoms with Gasteiger partial charge in [-0.05, 0) is 42.2 Å². The van der Waals surface area contributed by atoms with E-state index in [0.717, 1.165) is 17.7 Å². The van der Waals surface area contributed by atoms with E-state index in [2.05, 4.69) is 39.7 Å². The minimum atomic E-state index is -2.60. The predicted octanol–water partition coefficient (Wildman–Crippen LogP) is 4.70. The predicted molar refractivity (Wildman–Crippen MR) is 100 cm³/mol. The fraction of sp³-hybridized carbons (Fsp3) is 0.562. The lowest BCUT2D eigenvalue weighted by Crippen LogP contribution is -2.13. The third-order valence-corrected chi connectivity index (χ3v) is 6.19. The standard InChI is InChI=1S/C16H26N3O3PS/c1-5-13(2)14-9-6-7-10-15(14)18-19-23(24,22-4)17-12-8-11-16(20)21-3/h6-7,9-10,13H,5,8,11-12H2,1-4H3,(H,17,24)/t13-,23?/m0/s1. The van der Waals surface area contributed by atoms with Crippen LogP contribution in [0, 0.1) is 0 Å². The molecular weight excluding hydrogens is 345 g/mol. The first-order chi connectivity index (χ1) is 11.5. The van der Waals surface area contributed by atoms with Gasteiger partial charge < -0.3 is 9.26 Å². The van der Waals surface area contributed by atoms with E-state index in [1.165, 1.54) is 14.2 Å². The second-order valence-corrected chi connectivity index (χ2v) is 8.73. The smallest absolute Gasteiger partial charge is 0.305 e. The van der Waals surface area contributed by atoms with E-state index in [-0.39, 0.29) is 5.97 Å². The molecule has 1 N–H and O–H groups in total. The van der Waals surface area contributed by atoms with E-state index >= 15 is 0 Å². The summed E-state index contributed by atoms with van der Waals surface area (Å²) >= 11 is 5.45. The first-order valence-electron chi connectivity index (χ1n) is 7.95. The summed E-state index contributed by atoms with van der Waals surface area (Å²) in [5, 5.41) is 7.43. The lowest BCUT2D eigenvalue weighted by Gasteiger charge is -2.16. The Morgan fingerprint density at radius 2 is 2.08 bits per heavy atom. The highest BCUT2D eigenvalue weighted by Crippen LogP contribution is 2.45. The topological polar surface area (TPSA) is 72.3 Å². The fourth-order valence-corrected chi connectivity index (χ4v) is 3.31. The number of methoxy groups -OCH3 is 1. The van der Waals surface area contributed by atoms with Gasteiger partial charge in [-0.3, -0.25) is 4.79 Å². The summed E-state index contributed by atoms with van der Waals surface area (Å²) in [5.74, 6) is 0.153. The second-order valence-electron chi connectivity index (χ2n) is 5.35. The number of ether oxygens (including phenoxy) is 1. The van der Waals surface area contributed by atoms with E-state index in [1.54, 1.807) is 0 Å². The summed E-state index contributed by atoms with van der Waals surface area (Å²) < 4.78 is 9.96. The summed E-state index contributed by atoms with van der Waals surface area (Å²) in [6.07, 6.45) is 1.96. The first kappa shape index (κ1) is 20.9. The van der Waals surface area contributed by atoms with Gasteiger partial charge in [-0.15, -0.1) is 10.00 Å². The quantitative estimate of drug-likeness (QED) is 0.279. The Hall–Kier alpha value is -1.14. The maximum Gasteiger partial charge on any atom is 0.305 e. The molecule has 0 saturated heterocycles. The maximum absolute atomic E-state index is 11.1. The molecule has 1 rings (SSSR count). The number of hydrogen-bond donors (Lipinski definition) is 1. The molecule has 0 aliphatic carbocycles. The molecule has 0 amide bonds. The molecule has 1 aromatic carbocycles. The van der Waals surface area contributed by atoms with Crippen molar-refractivity contribution in [3.05, 3.63) is 29.8 Å². The lowest BCUT2D eigenvalue weighted by atomic mass is 9.97. The number of esters is 1. The second kappa shape index (κ2) is 10.7. The molecule has 1 aromatic rings. The number of nitrogens with one attached hydrogen (secondary N) is 1. The van der Waals surface area contributed by atoms with Crippen molar-refractivity contribution in [2.75, 3.05) is 20.8 Å². The molecule has 0 saturated carbocycles. The third-order valence-electron chi connectivity index (χ3n) is 3.69. The minimum Gasteiger partial charge on any atom is -0.469 e. The van der Waals surface area contributed by atoms with Crippen LogP contribution in [0.4, 0.5) is 5.69 Å². The molecule has 1 unspecified atom stereocenters. The Bertz CT molecular complexity index is 610. The van der Waals surface area contributed by atoms with Crippen molar-refractivity contribution in [1.82, 2.24) is 5.09 Å². The zero-order chi connectivity index (χ0) is 18.0. The minimum absolute atomic E-state index is 0.244. The number of hydrogen-bond acceptors (Lipinski definition) is 5. The Kier molecular flexibility index (Phi) is 9.29. The lowest BCUT2D eigenvalue weighted by molar-refractivity contribution is -0.140. The van der Waals surface area contributed by atoms with Crippen molar-refractivity contribution in [3.8, 4) is 0 Å². The molecule has 24 heavy (non-hydrogen) atoms. The van der Waals surface area contributed by atoms with Crippen LogP contribution in [0.3, 0.4) is 0 Å². The molecule has 0 aliphatic heterocycles. The van der Waals surface area contributed by atoms with Crippen LogP contribution in [0.1, 0.15) is 44.6 Å². The zero-order valence-corrected chi connectivity index (χ0v) is 16.4. The Morgan fingerprint density at radius 1 is 1.38 bits per heavy atom. The zero-order valence-electron chi connectivity index (χ0n) is 14.7. The van der Waals surface area contributed by atoms with Crippen LogP contribution in [0.15, 0.2) is 34.3 Å². The summed E-state index contributed by atoms with van der Waals surface area (Å²) in [6.45, 7) is 2.22. The van der Waals surface area contributed by atoms with Crippen LogP contribution in [0.25, 0.3) is 0 Å². The van der Waals surface area contributed by atoms with Crippen LogP contribution in [-0.2, 0) is 25.9 Å². The number of nitrogens with zero attached hydrogens (tertiary/aromatic N) is 2. The first-order valence-corrected chi connectivity index (χ1v) is 10.6. The van der Waals surface area contributed by atoms with Gasteiger partial charge in [0.2, 0.25) is 0 Å². The van der Waals surface area contributed by atoms with E-state index < -0.39 is 6.57 Å². The van der Waals surface area contributed by atoms with Gasteiger partial charge in [0.05, 0.1) is 12.8 Å². The van der Waals surface area contributed by atoms with Crippen molar-refractivity contribution in [1.29, 1.82) is 0 Å². The van der Waals surface area contributed by atoms with Gasteiger partial charge in [-0.25, -0.2) is 5.09 Å². The van der Waals surface area contributed by atoms with Crippen molar-refractivity contribution >= 4 is 30.0 Å². The molecule has 6 nitrogen and oxygen atoms in total. The molecule has 0 bridgehead atoms. The third kappa shape index (κ3) is 6.77. The highest BCUT2D eigenvalue weighted by Gasteiger charge is 2.15. The molecule has 0 aromatic heterocycles. The monoisotopic (exact) mass is 371 g/mol. The normalized spacial score (nSPS) is 15.2. The number of rotatable bonds is 10.